The zero-order valence-electron chi connectivity index (χ0n) is 11.7. The van der Waals surface area contributed by atoms with Crippen molar-refractivity contribution in [2.24, 2.45) is 5.92 Å². The molecule has 1 N–H and O–H groups in total. The molecule has 116 valence electrons. The number of hydrogen-bond acceptors (Lipinski definition) is 3. The normalized spacial score (nSPS) is 19.1. The Labute approximate surface area is 132 Å². The Morgan fingerprint density at radius 3 is 2.68 bits per heavy atom. The number of halogens is 3. The second kappa shape index (κ2) is 6.58. The van der Waals surface area contributed by atoms with E-state index >= 15 is 0 Å². The van der Waals surface area contributed by atoms with Crippen LogP contribution in [0, 0.1) is 17.6 Å². The number of nitrogens with one attached hydrogen (secondary N) is 1. The van der Waals surface area contributed by atoms with Gasteiger partial charge in [-0.05, 0) is 31.2 Å². The van der Waals surface area contributed by atoms with Crippen molar-refractivity contribution in [3.05, 3.63) is 58.9 Å². The molecular formula is C16H15ClF2N2O. The Hall–Kier alpha value is -1.72. The molecule has 1 aliphatic rings. The van der Waals surface area contributed by atoms with E-state index in [2.05, 4.69) is 10.3 Å². The molecule has 1 fully saturated rings. The molecule has 1 saturated heterocycles. The van der Waals surface area contributed by atoms with E-state index in [1.165, 1.54) is 0 Å². The molecule has 2 atom stereocenters. The molecule has 0 saturated carbocycles. The lowest BCUT2D eigenvalue weighted by molar-refractivity contribution is 0.131. The molecule has 0 aliphatic carbocycles. The number of pyridine rings is 1. The number of aromatic nitrogens is 1. The van der Waals surface area contributed by atoms with Crippen LogP contribution in [0.5, 0.6) is 5.75 Å². The summed E-state index contributed by atoms with van der Waals surface area (Å²) in [5, 5.41) is 3.24. The van der Waals surface area contributed by atoms with Crippen molar-refractivity contribution in [3.63, 3.8) is 0 Å². The largest absolute Gasteiger partial charge is 0.479 e. The third-order valence-corrected chi connectivity index (χ3v) is 3.97. The van der Waals surface area contributed by atoms with Crippen LogP contribution in [0.1, 0.15) is 18.1 Å². The zero-order valence-corrected chi connectivity index (χ0v) is 12.5. The second-order valence-electron chi connectivity index (χ2n) is 5.28. The van der Waals surface area contributed by atoms with Crippen molar-refractivity contribution >= 4 is 11.6 Å². The lowest BCUT2D eigenvalue weighted by atomic mass is 9.96. The molecule has 3 rings (SSSR count). The van der Waals surface area contributed by atoms with E-state index < -0.39 is 23.5 Å². The van der Waals surface area contributed by atoms with Crippen molar-refractivity contribution in [3.8, 4) is 5.75 Å². The zero-order chi connectivity index (χ0) is 15.5. The Morgan fingerprint density at radius 2 is 2.09 bits per heavy atom. The van der Waals surface area contributed by atoms with Crippen LogP contribution in [0.2, 0.25) is 5.02 Å². The smallest absolute Gasteiger partial charge is 0.191 e. The summed E-state index contributed by atoms with van der Waals surface area (Å²) in [6.45, 7) is 1.59. The Balaban J connectivity index is 1.94. The maximum absolute atomic E-state index is 14.0. The fourth-order valence-electron chi connectivity index (χ4n) is 2.68. The number of nitrogens with zero attached hydrogens (tertiary/aromatic N) is 1. The molecule has 0 spiro atoms. The van der Waals surface area contributed by atoms with Crippen molar-refractivity contribution in [1.29, 1.82) is 0 Å². The van der Waals surface area contributed by atoms with E-state index in [9.17, 15) is 8.78 Å². The topological polar surface area (TPSA) is 34.1 Å². The van der Waals surface area contributed by atoms with Crippen molar-refractivity contribution < 1.29 is 13.5 Å². The van der Waals surface area contributed by atoms with Crippen LogP contribution in [-0.2, 0) is 0 Å². The average molecular weight is 325 g/mol. The lowest BCUT2D eigenvalue weighted by Crippen LogP contribution is -2.22. The summed E-state index contributed by atoms with van der Waals surface area (Å²) >= 11 is 5.65. The number of hydrogen-bond donors (Lipinski definition) is 1. The minimum Gasteiger partial charge on any atom is -0.479 e. The summed E-state index contributed by atoms with van der Waals surface area (Å²) in [4.78, 5) is 4.07. The van der Waals surface area contributed by atoms with Crippen LogP contribution in [-0.4, -0.2) is 18.1 Å². The highest BCUT2D eigenvalue weighted by molar-refractivity contribution is 6.30. The van der Waals surface area contributed by atoms with Gasteiger partial charge in [0.15, 0.2) is 17.4 Å². The van der Waals surface area contributed by atoms with Gasteiger partial charge in [-0.25, -0.2) is 8.78 Å². The van der Waals surface area contributed by atoms with Crippen LogP contribution in [0.25, 0.3) is 0 Å². The van der Waals surface area contributed by atoms with E-state index in [0.717, 1.165) is 37.2 Å². The molecular weight excluding hydrogens is 310 g/mol. The lowest BCUT2D eigenvalue weighted by Gasteiger charge is -2.25. The van der Waals surface area contributed by atoms with E-state index in [0.29, 0.717) is 0 Å². The molecule has 0 unspecified atom stereocenters. The molecule has 2 aromatic rings. The van der Waals surface area contributed by atoms with Crippen molar-refractivity contribution in [1.82, 2.24) is 10.3 Å². The Bertz CT molecular complexity index is 625. The van der Waals surface area contributed by atoms with Gasteiger partial charge in [0.1, 0.15) is 6.10 Å². The van der Waals surface area contributed by atoms with Gasteiger partial charge in [-0.2, -0.15) is 0 Å². The van der Waals surface area contributed by atoms with Gasteiger partial charge in [0, 0.05) is 35.4 Å². The summed E-state index contributed by atoms with van der Waals surface area (Å²) in [6, 6.07) is 5.73. The van der Waals surface area contributed by atoms with E-state index in [1.54, 1.807) is 18.5 Å². The summed E-state index contributed by atoms with van der Waals surface area (Å²) in [7, 11) is 0. The fraction of sp³-hybridized carbons (Fsp3) is 0.312. The van der Waals surface area contributed by atoms with Gasteiger partial charge in [0.25, 0.3) is 0 Å². The molecule has 0 amide bonds. The quantitative estimate of drug-likeness (QED) is 0.930. The molecule has 2 heterocycles. The van der Waals surface area contributed by atoms with Crippen LogP contribution in [0.15, 0.2) is 36.7 Å². The van der Waals surface area contributed by atoms with Crippen molar-refractivity contribution in [2.75, 3.05) is 13.1 Å². The first-order valence-electron chi connectivity index (χ1n) is 7.07. The van der Waals surface area contributed by atoms with E-state index in [-0.39, 0.29) is 10.9 Å². The predicted molar refractivity (Wildman–Crippen MR) is 80.0 cm³/mol. The van der Waals surface area contributed by atoms with Gasteiger partial charge < -0.3 is 10.1 Å². The van der Waals surface area contributed by atoms with Crippen LogP contribution < -0.4 is 10.1 Å². The molecule has 3 nitrogen and oxygen atoms in total. The van der Waals surface area contributed by atoms with Gasteiger partial charge >= 0.3 is 0 Å². The first-order chi connectivity index (χ1) is 10.6. The molecule has 1 aromatic carbocycles. The Morgan fingerprint density at radius 1 is 1.32 bits per heavy atom. The summed E-state index contributed by atoms with van der Waals surface area (Å²) < 4.78 is 33.7. The first-order valence-corrected chi connectivity index (χ1v) is 7.45. The highest BCUT2D eigenvalue weighted by atomic mass is 35.5. The first kappa shape index (κ1) is 15.2. The SMILES string of the molecule is Fc1cc(Cl)cc(F)c1O[C@H](c1cccnc1)[C@@H]1CCNC1. The maximum atomic E-state index is 14.0. The summed E-state index contributed by atoms with van der Waals surface area (Å²) in [5.41, 5.74) is 0.796. The second-order valence-corrected chi connectivity index (χ2v) is 5.71. The average Bonchev–Trinajstić information content (AvgIpc) is 3.01. The minimum atomic E-state index is -0.801. The van der Waals surface area contributed by atoms with Crippen LogP contribution >= 0.6 is 11.6 Å². The molecule has 0 bridgehead atoms. The third kappa shape index (κ3) is 3.20. The van der Waals surface area contributed by atoms with Gasteiger partial charge in [0.2, 0.25) is 0 Å². The molecule has 1 aliphatic heterocycles. The van der Waals surface area contributed by atoms with E-state index in [4.69, 9.17) is 16.3 Å². The van der Waals surface area contributed by atoms with Gasteiger partial charge in [-0.1, -0.05) is 17.7 Å². The third-order valence-electron chi connectivity index (χ3n) is 3.75. The molecule has 0 radical (unpaired) electrons. The highest BCUT2D eigenvalue weighted by Gasteiger charge is 2.30. The minimum absolute atomic E-state index is 0.00260. The van der Waals surface area contributed by atoms with E-state index in [1.807, 2.05) is 6.07 Å². The Kier molecular flexibility index (Phi) is 4.55. The van der Waals surface area contributed by atoms with Gasteiger partial charge in [-0.15, -0.1) is 0 Å². The maximum Gasteiger partial charge on any atom is 0.191 e. The monoisotopic (exact) mass is 324 g/mol. The summed E-state index contributed by atoms with van der Waals surface area (Å²) in [5.74, 6) is -1.88. The van der Waals surface area contributed by atoms with Crippen LogP contribution in [0.4, 0.5) is 8.78 Å². The summed E-state index contributed by atoms with van der Waals surface area (Å²) in [6.07, 6.45) is 3.72. The highest BCUT2D eigenvalue weighted by Crippen LogP contribution is 2.35. The van der Waals surface area contributed by atoms with Crippen LogP contribution in [0.3, 0.4) is 0 Å². The van der Waals surface area contributed by atoms with Crippen molar-refractivity contribution in [2.45, 2.75) is 12.5 Å². The standard InChI is InChI=1S/C16H15ClF2N2O/c17-12-6-13(18)16(14(19)7-12)22-15(11-3-5-21-9-11)10-2-1-4-20-8-10/h1-2,4,6-8,11,15,21H,3,5,9H2/t11-,15-/m1/s1. The number of ether oxygens (including phenoxy) is 1. The fourth-order valence-corrected chi connectivity index (χ4v) is 2.88. The number of rotatable bonds is 4. The number of benzene rings is 1. The molecule has 6 heteroatoms. The molecule has 22 heavy (non-hydrogen) atoms. The molecule has 1 aromatic heterocycles. The van der Waals surface area contributed by atoms with Gasteiger partial charge in [-0.3, -0.25) is 4.98 Å². The van der Waals surface area contributed by atoms with Gasteiger partial charge in [0.05, 0.1) is 0 Å². The predicted octanol–water partition coefficient (Wildman–Crippen LogP) is 3.74.